The lowest BCUT2D eigenvalue weighted by Gasteiger charge is -1.96. The number of halogens is 1. The average molecular weight is 359 g/mol. The van der Waals surface area contributed by atoms with Gasteiger partial charge < -0.3 is 4.42 Å². The van der Waals surface area contributed by atoms with E-state index in [1.54, 1.807) is 18.2 Å². The summed E-state index contributed by atoms with van der Waals surface area (Å²) in [5.74, 6) is 0.896. The highest BCUT2D eigenvalue weighted by atomic mass is 35.5. The molecule has 3 aromatic carbocycles. The lowest BCUT2D eigenvalue weighted by Crippen LogP contribution is -1.92. The highest BCUT2D eigenvalue weighted by Gasteiger charge is 2.18. The van der Waals surface area contributed by atoms with Crippen LogP contribution >= 0.6 is 11.6 Å². The molecule has 0 unspecified atom stereocenters. The maximum Gasteiger partial charge on any atom is 0.221 e. The first kappa shape index (κ1) is 16.4. The van der Waals surface area contributed by atoms with E-state index in [1.807, 2.05) is 66.7 Å². The van der Waals surface area contributed by atoms with Crippen LogP contribution in [0.15, 0.2) is 89.4 Å². The smallest absolute Gasteiger partial charge is 0.221 e. The van der Waals surface area contributed by atoms with Crippen molar-refractivity contribution in [1.82, 2.24) is 0 Å². The Labute approximate surface area is 156 Å². The van der Waals surface area contributed by atoms with E-state index in [1.165, 1.54) is 6.08 Å². The van der Waals surface area contributed by atoms with Crippen LogP contribution in [-0.4, -0.2) is 5.78 Å². The van der Waals surface area contributed by atoms with Crippen LogP contribution in [0, 0.1) is 0 Å². The van der Waals surface area contributed by atoms with Gasteiger partial charge in [-0.15, -0.1) is 0 Å². The maximum atomic E-state index is 12.7. The first-order valence-corrected chi connectivity index (χ1v) is 8.65. The molecular formula is C23H15ClO2. The number of ketones is 1. The number of carbonyl (C=O) groups is 1. The molecule has 0 bridgehead atoms. The maximum absolute atomic E-state index is 12.7. The van der Waals surface area contributed by atoms with E-state index in [2.05, 4.69) is 0 Å². The van der Waals surface area contributed by atoms with Crippen molar-refractivity contribution in [3.63, 3.8) is 0 Å². The Morgan fingerprint density at radius 2 is 1.46 bits per heavy atom. The topological polar surface area (TPSA) is 30.2 Å². The van der Waals surface area contributed by atoms with Crippen molar-refractivity contribution >= 4 is 34.2 Å². The summed E-state index contributed by atoms with van der Waals surface area (Å²) in [6, 6.07) is 24.9. The first-order chi connectivity index (χ1) is 12.7. The number of hydrogen-bond donors (Lipinski definition) is 0. The number of fused-ring (bicyclic) bond motifs is 1. The Hall–Kier alpha value is -3.10. The molecule has 0 aliphatic heterocycles. The normalized spacial score (nSPS) is 11.3. The predicted octanol–water partition coefficient (Wildman–Crippen LogP) is 6.65. The van der Waals surface area contributed by atoms with Gasteiger partial charge >= 0.3 is 0 Å². The first-order valence-electron chi connectivity index (χ1n) is 8.27. The van der Waals surface area contributed by atoms with Crippen LogP contribution in [0.5, 0.6) is 0 Å². The van der Waals surface area contributed by atoms with Crippen molar-refractivity contribution in [1.29, 1.82) is 0 Å². The summed E-state index contributed by atoms with van der Waals surface area (Å²) < 4.78 is 6.00. The molecule has 0 N–H and O–H groups in total. The fraction of sp³-hybridized carbons (Fsp3) is 0. The molecule has 4 rings (SSSR count). The van der Waals surface area contributed by atoms with E-state index < -0.39 is 0 Å². The summed E-state index contributed by atoms with van der Waals surface area (Å²) in [5.41, 5.74) is 1.85. The minimum absolute atomic E-state index is 0.168. The third-order valence-corrected chi connectivity index (χ3v) is 4.43. The Morgan fingerprint density at radius 1 is 0.808 bits per heavy atom. The van der Waals surface area contributed by atoms with Crippen molar-refractivity contribution < 1.29 is 9.21 Å². The van der Waals surface area contributed by atoms with Gasteiger partial charge in [0.05, 0.1) is 0 Å². The third kappa shape index (κ3) is 3.19. The highest BCUT2D eigenvalue weighted by Crippen LogP contribution is 2.34. The molecule has 0 saturated carbocycles. The van der Waals surface area contributed by atoms with Crippen LogP contribution < -0.4 is 0 Å². The second kappa shape index (κ2) is 7.03. The molecule has 0 saturated heterocycles. The minimum atomic E-state index is -0.168. The minimum Gasteiger partial charge on any atom is -0.451 e. The van der Waals surface area contributed by atoms with Crippen LogP contribution in [-0.2, 0) is 0 Å². The molecule has 4 aromatic rings. The molecule has 3 heteroatoms. The SMILES string of the molecule is O=C(C=Cc1ccc(Cl)cc1)c1oc(-c2ccccc2)c2ccccc12. The van der Waals surface area contributed by atoms with Crippen LogP contribution in [0.4, 0.5) is 0 Å². The molecule has 1 aromatic heterocycles. The number of carbonyl (C=O) groups excluding carboxylic acids is 1. The van der Waals surface area contributed by atoms with Crippen molar-refractivity contribution in [3.8, 4) is 11.3 Å². The molecule has 0 spiro atoms. The van der Waals surface area contributed by atoms with Crippen molar-refractivity contribution in [2.75, 3.05) is 0 Å². The molecule has 0 aliphatic carbocycles. The van der Waals surface area contributed by atoms with Gasteiger partial charge in [-0.25, -0.2) is 0 Å². The summed E-state index contributed by atoms with van der Waals surface area (Å²) in [6.45, 7) is 0. The molecule has 0 amide bonds. The summed E-state index contributed by atoms with van der Waals surface area (Å²) in [6.07, 6.45) is 3.29. The van der Waals surface area contributed by atoms with E-state index >= 15 is 0 Å². The van der Waals surface area contributed by atoms with Gasteiger partial charge in [0.25, 0.3) is 0 Å². The Kier molecular flexibility index (Phi) is 4.42. The van der Waals surface area contributed by atoms with E-state index in [4.69, 9.17) is 16.0 Å². The van der Waals surface area contributed by atoms with Crippen molar-refractivity contribution in [3.05, 3.63) is 101 Å². The Bertz CT molecular complexity index is 1090. The van der Waals surface area contributed by atoms with Crippen LogP contribution in [0.25, 0.3) is 28.2 Å². The van der Waals surface area contributed by atoms with E-state index in [-0.39, 0.29) is 5.78 Å². The molecular weight excluding hydrogens is 344 g/mol. The zero-order valence-corrected chi connectivity index (χ0v) is 14.6. The van der Waals surface area contributed by atoms with Gasteiger partial charge in [0, 0.05) is 21.4 Å². The van der Waals surface area contributed by atoms with Gasteiger partial charge in [0.1, 0.15) is 5.76 Å². The predicted molar refractivity (Wildman–Crippen MR) is 106 cm³/mol. The van der Waals surface area contributed by atoms with Crippen LogP contribution in [0.2, 0.25) is 5.02 Å². The van der Waals surface area contributed by atoms with Gasteiger partial charge in [-0.05, 0) is 23.8 Å². The lowest BCUT2D eigenvalue weighted by molar-refractivity contribution is 0.102. The zero-order valence-electron chi connectivity index (χ0n) is 13.9. The summed E-state index contributed by atoms with van der Waals surface area (Å²) in [4.78, 5) is 12.7. The van der Waals surface area contributed by atoms with Gasteiger partial charge in [-0.1, -0.05) is 84.4 Å². The molecule has 0 aliphatic rings. The van der Waals surface area contributed by atoms with Gasteiger partial charge in [0.2, 0.25) is 5.78 Å². The lowest BCUT2D eigenvalue weighted by atomic mass is 10.1. The summed E-state index contributed by atoms with van der Waals surface area (Å²) in [7, 11) is 0. The van der Waals surface area contributed by atoms with E-state index in [9.17, 15) is 4.79 Å². The number of furan rings is 1. The Balaban J connectivity index is 1.74. The number of allylic oxidation sites excluding steroid dienone is 1. The summed E-state index contributed by atoms with van der Waals surface area (Å²) >= 11 is 5.89. The fourth-order valence-corrected chi connectivity index (χ4v) is 3.03. The molecule has 0 atom stereocenters. The number of benzene rings is 3. The second-order valence-electron chi connectivity index (χ2n) is 5.92. The molecule has 26 heavy (non-hydrogen) atoms. The molecule has 1 heterocycles. The number of rotatable bonds is 4. The third-order valence-electron chi connectivity index (χ3n) is 4.18. The van der Waals surface area contributed by atoms with Crippen molar-refractivity contribution in [2.45, 2.75) is 0 Å². The fourth-order valence-electron chi connectivity index (χ4n) is 2.90. The monoisotopic (exact) mass is 358 g/mol. The highest BCUT2D eigenvalue weighted by molar-refractivity contribution is 6.30. The average Bonchev–Trinajstić information content (AvgIpc) is 3.08. The van der Waals surface area contributed by atoms with Crippen LogP contribution in [0.3, 0.4) is 0 Å². The zero-order chi connectivity index (χ0) is 17.9. The largest absolute Gasteiger partial charge is 0.451 e. The number of hydrogen-bond acceptors (Lipinski definition) is 2. The summed E-state index contributed by atoms with van der Waals surface area (Å²) in [5, 5.41) is 2.41. The molecule has 126 valence electrons. The van der Waals surface area contributed by atoms with Crippen LogP contribution in [0.1, 0.15) is 16.1 Å². The molecule has 0 fully saturated rings. The Morgan fingerprint density at radius 3 is 2.19 bits per heavy atom. The van der Waals surface area contributed by atoms with E-state index in [0.717, 1.165) is 21.9 Å². The second-order valence-corrected chi connectivity index (χ2v) is 6.36. The standard InChI is InChI=1S/C23H15ClO2/c24-18-13-10-16(11-14-18)12-15-21(25)23-20-9-5-4-8-19(20)22(26-23)17-6-2-1-3-7-17/h1-15H. The van der Waals surface area contributed by atoms with Crippen molar-refractivity contribution in [2.24, 2.45) is 0 Å². The van der Waals surface area contributed by atoms with Gasteiger partial charge in [0.15, 0.2) is 5.76 Å². The van der Waals surface area contributed by atoms with Gasteiger partial charge in [-0.3, -0.25) is 4.79 Å². The molecule has 2 nitrogen and oxygen atoms in total. The quantitative estimate of drug-likeness (QED) is 0.302. The van der Waals surface area contributed by atoms with E-state index in [0.29, 0.717) is 16.5 Å². The van der Waals surface area contributed by atoms with Gasteiger partial charge in [-0.2, -0.15) is 0 Å². The molecule has 0 radical (unpaired) electrons.